The maximum absolute atomic E-state index is 5.60. The minimum absolute atomic E-state index is 0.533. The Labute approximate surface area is 70.4 Å². The molecule has 1 rings (SSSR count). The van der Waals surface area contributed by atoms with Gasteiger partial charge >= 0.3 is 21.5 Å². The average Bonchev–Trinajstić information content (AvgIpc) is 1.83. The van der Waals surface area contributed by atoms with E-state index in [2.05, 4.69) is 5.14 Å². The molecule has 1 fully saturated rings. The van der Waals surface area contributed by atoms with E-state index >= 15 is 0 Å². The fourth-order valence-corrected chi connectivity index (χ4v) is 0.862. The molecule has 3 nitrogen and oxygen atoms in total. The van der Waals surface area contributed by atoms with E-state index in [-0.39, 0.29) is 0 Å². The molecular weight excluding hydrogens is 181 g/mol. The minimum atomic E-state index is -0.533. The fraction of sp³-hybridized carbons (Fsp3) is 0. The van der Waals surface area contributed by atoms with E-state index in [1.54, 1.807) is 0 Å². The molecule has 1 saturated heterocycles. The van der Waals surface area contributed by atoms with Gasteiger partial charge in [0.15, 0.2) is 0 Å². The largest absolute Gasteiger partial charge is 0.426 e. The van der Waals surface area contributed by atoms with Crippen LogP contribution in [0.2, 0.25) is 0 Å². The highest BCUT2D eigenvalue weighted by Crippen LogP contribution is 2.10. The van der Waals surface area contributed by atoms with E-state index in [1.807, 2.05) is 0 Å². The van der Waals surface area contributed by atoms with Crippen LogP contribution >= 0.6 is 35.0 Å². The second kappa shape index (κ2) is 3.37. The average molecular weight is 182 g/mol. The van der Waals surface area contributed by atoms with Crippen LogP contribution in [0.1, 0.15) is 0 Å². The van der Waals surface area contributed by atoms with Crippen LogP contribution in [0.25, 0.3) is 0 Å². The first-order valence-electron chi connectivity index (χ1n) is 2.17. The number of nitrogens with zero attached hydrogens (tertiary/aromatic N) is 2. The summed E-state index contributed by atoms with van der Waals surface area (Å²) in [5.41, 5.74) is 0. The third kappa shape index (κ3) is 1.93. The first kappa shape index (κ1) is 8.05. The van der Waals surface area contributed by atoms with Gasteiger partial charge < -0.3 is 5.14 Å². The Balaban J connectivity index is 2.41. The summed E-state index contributed by atoms with van der Waals surface area (Å²) in [4.78, 5) is 0. The molecule has 0 atom stereocenters. The van der Waals surface area contributed by atoms with Crippen molar-refractivity contribution >= 4 is 56.5 Å². The van der Waals surface area contributed by atoms with Crippen molar-refractivity contribution in [1.82, 2.24) is 13.6 Å². The van der Waals surface area contributed by atoms with Gasteiger partial charge in [-0.05, 0) is 23.6 Å². The number of nitrogens with one attached hydrogen (secondary N) is 1. The monoisotopic (exact) mass is 181 g/mol. The molecule has 2 radical (unpaired) electrons. The standard InChI is InChI=1S/B3Cl3HN3/c4-3-8(5)1-7-2-9(3)6/h7H. The zero-order valence-electron chi connectivity index (χ0n) is 4.26. The summed E-state index contributed by atoms with van der Waals surface area (Å²) in [6, 6.07) is 0. The van der Waals surface area contributed by atoms with Crippen LogP contribution in [0.15, 0.2) is 0 Å². The van der Waals surface area contributed by atoms with Crippen molar-refractivity contribution in [3.05, 3.63) is 0 Å². The molecule has 1 N–H and O–H groups in total. The van der Waals surface area contributed by atoms with Crippen molar-refractivity contribution in [3.8, 4) is 0 Å². The predicted molar refractivity (Wildman–Crippen MR) is 41.6 cm³/mol. The Morgan fingerprint density at radius 1 is 1.22 bits per heavy atom. The number of rotatable bonds is 0. The van der Waals surface area contributed by atoms with Crippen LogP contribution in [0.5, 0.6) is 0 Å². The van der Waals surface area contributed by atoms with Gasteiger partial charge in [-0.1, -0.05) is 0 Å². The third-order valence-corrected chi connectivity index (χ3v) is 1.99. The lowest BCUT2D eigenvalue weighted by molar-refractivity contribution is 0.903. The van der Waals surface area contributed by atoms with Crippen molar-refractivity contribution in [1.29, 1.82) is 0 Å². The van der Waals surface area contributed by atoms with E-state index in [9.17, 15) is 0 Å². The van der Waals surface area contributed by atoms with Gasteiger partial charge in [0.1, 0.15) is 0 Å². The minimum Gasteiger partial charge on any atom is -0.377 e. The number of halogens is 3. The summed E-state index contributed by atoms with van der Waals surface area (Å²) in [7, 11) is 3.00. The van der Waals surface area contributed by atoms with Crippen LogP contribution in [0.3, 0.4) is 0 Å². The Hall–Kier alpha value is 0.945. The maximum atomic E-state index is 5.60. The lowest BCUT2D eigenvalue weighted by atomic mass is 9.84. The third-order valence-electron chi connectivity index (χ3n) is 0.803. The molecule has 0 aromatic heterocycles. The fourth-order valence-electron chi connectivity index (χ4n) is 0.404. The SMILES string of the molecule is ClB1N(Cl)[B]N[B]N1Cl. The van der Waals surface area contributed by atoms with Crippen molar-refractivity contribution in [2.75, 3.05) is 0 Å². The Morgan fingerprint density at radius 3 is 2.00 bits per heavy atom. The van der Waals surface area contributed by atoms with Crippen LogP contribution in [0, 0.1) is 0 Å². The molecule has 1 aliphatic rings. The van der Waals surface area contributed by atoms with E-state index in [0.29, 0.717) is 0 Å². The molecule has 0 aromatic carbocycles. The normalized spacial score (nSPS) is 23.2. The molecule has 0 saturated carbocycles. The van der Waals surface area contributed by atoms with Crippen LogP contribution in [-0.2, 0) is 0 Å². The molecule has 0 amide bonds. The van der Waals surface area contributed by atoms with Gasteiger partial charge in [0.25, 0.3) is 0 Å². The van der Waals surface area contributed by atoms with Gasteiger partial charge in [0.05, 0.1) is 0 Å². The molecular formula is HB3Cl3N3. The van der Waals surface area contributed by atoms with Crippen molar-refractivity contribution in [2.24, 2.45) is 0 Å². The molecule has 46 valence electrons. The molecule has 9 heteroatoms. The summed E-state index contributed by atoms with van der Waals surface area (Å²) < 4.78 is 2.43. The lowest BCUT2D eigenvalue weighted by Gasteiger charge is -2.27. The molecule has 0 spiro atoms. The van der Waals surface area contributed by atoms with Crippen LogP contribution in [0.4, 0.5) is 0 Å². The maximum Gasteiger partial charge on any atom is 0.426 e. The summed E-state index contributed by atoms with van der Waals surface area (Å²) >= 11 is 16.6. The zero-order valence-corrected chi connectivity index (χ0v) is 6.53. The van der Waals surface area contributed by atoms with Crippen LogP contribution in [-0.4, -0.2) is 30.0 Å². The van der Waals surface area contributed by atoms with Gasteiger partial charge in [0.2, 0.25) is 0 Å². The van der Waals surface area contributed by atoms with Crippen molar-refractivity contribution < 1.29 is 0 Å². The number of hydrogen-bond acceptors (Lipinski definition) is 3. The first-order valence-corrected chi connectivity index (χ1v) is 3.28. The Kier molecular flexibility index (Phi) is 3.01. The summed E-state index contributed by atoms with van der Waals surface area (Å²) in [5, 5.41) is 2.67. The highest BCUT2D eigenvalue weighted by atomic mass is 35.5. The molecule has 1 heterocycles. The van der Waals surface area contributed by atoms with Crippen molar-refractivity contribution in [3.63, 3.8) is 0 Å². The highest BCUT2D eigenvalue weighted by Gasteiger charge is 2.32. The van der Waals surface area contributed by atoms with Gasteiger partial charge in [-0.2, -0.15) is 0 Å². The van der Waals surface area contributed by atoms with Crippen molar-refractivity contribution in [2.45, 2.75) is 0 Å². The van der Waals surface area contributed by atoms with Gasteiger partial charge in [0, 0.05) is 0 Å². The van der Waals surface area contributed by atoms with Crippen LogP contribution < -0.4 is 5.14 Å². The summed E-state index contributed by atoms with van der Waals surface area (Å²) in [6.45, 7) is 0. The smallest absolute Gasteiger partial charge is 0.377 e. The quantitative estimate of drug-likeness (QED) is 0.413. The second-order valence-corrected chi connectivity index (χ2v) is 2.60. The Bertz CT molecular complexity index is 90.3. The topological polar surface area (TPSA) is 18.5 Å². The Morgan fingerprint density at radius 2 is 1.67 bits per heavy atom. The molecule has 0 aromatic rings. The lowest BCUT2D eigenvalue weighted by Crippen LogP contribution is -2.57. The van der Waals surface area contributed by atoms with E-state index in [4.69, 9.17) is 35.0 Å². The number of hydrogen-bond donors (Lipinski definition) is 1. The highest BCUT2D eigenvalue weighted by molar-refractivity contribution is 7.12. The molecule has 9 heavy (non-hydrogen) atoms. The predicted octanol–water partition coefficient (Wildman–Crippen LogP) is -0.207. The first-order chi connectivity index (χ1) is 4.22. The van der Waals surface area contributed by atoms with E-state index < -0.39 is 6.40 Å². The molecule has 0 bridgehead atoms. The zero-order chi connectivity index (χ0) is 6.85. The van der Waals surface area contributed by atoms with E-state index in [1.165, 1.54) is 23.6 Å². The second-order valence-electron chi connectivity index (χ2n) is 1.42. The van der Waals surface area contributed by atoms with Gasteiger partial charge in [-0.3, -0.25) is 8.48 Å². The summed E-state index contributed by atoms with van der Waals surface area (Å²) in [6.07, 6.45) is -0.533. The van der Waals surface area contributed by atoms with E-state index in [0.717, 1.165) is 0 Å². The van der Waals surface area contributed by atoms with Gasteiger partial charge in [-0.15, -0.1) is 11.5 Å². The molecule has 0 aliphatic carbocycles. The summed E-state index contributed by atoms with van der Waals surface area (Å²) in [5.74, 6) is 0. The van der Waals surface area contributed by atoms with Gasteiger partial charge in [-0.25, -0.2) is 0 Å². The molecule has 1 aliphatic heterocycles. The molecule has 0 unspecified atom stereocenters.